The van der Waals surface area contributed by atoms with Gasteiger partial charge in [0, 0.05) is 26.2 Å². The van der Waals surface area contributed by atoms with Crippen molar-refractivity contribution >= 4 is 16.9 Å². The van der Waals surface area contributed by atoms with E-state index >= 15 is 0 Å². The molecule has 0 unspecified atom stereocenters. The van der Waals surface area contributed by atoms with Crippen LogP contribution in [0, 0.1) is 0 Å². The van der Waals surface area contributed by atoms with E-state index < -0.39 is 0 Å². The maximum atomic E-state index is 11.8. The van der Waals surface area contributed by atoms with Crippen LogP contribution < -0.4 is 15.9 Å². The molecule has 6 heteroatoms. The second-order valence-corrected chi connectivity index (χ2v) is 4.52. The Bertz CT molecular complexity index is 691. The first kappa shape index (κ1) is 14.1. The highest BCUT2D eigenvalue weighted by molar-refractivity contribution is 5.79. The summed E-state index contributed by atoms with van der Waals surface area (Å²) in [5.41, 5.74) is 5.71. The van der Waals surface area contributed by atoms with Gasteiger partial charge >= 0.3 is 0 Å². The number of carbonyl (C=O) groups excluding carboxylic acids is 1. The zero-order valence-corrected chi connectivity index (χ0v) is 11.4. The van der Waals surface area contributed by atoms with Crippen LogP contribution in [0.15, 0.2) is 33.5 Å². The first-order valence-electron chi connectivity index (χ1n) is 6.11. The summed E-state index contributed by atoms with van der Waals surface area (Å²) in [6.45, 7) is 0.0781. The van der Waals surface area contributed by atoms with Crippen LogP contribution in [0.5, 0.6) is 5.75 Å². The van der Waals surface area contributed by atoms with Crippen molar-refractivity contribution < 1.29 is 13.9 Å². The molecular weight excluding hydrogens is 260 g/mol. The maximum absolute atomic E-state index is 11.8. The number of hydrogen-bond acceptors (Lipinski definition) is 5. The number of hydrogen-bond donors (Lipinski definition) is 1. The standard InChI is InChI=1S/C14H16N2O4/c1-16(2)14(18)8-19-9-3-4-11-12(17)5-10(7-15)20-13(11)6-9/h3-6H,7-8,15H2,1-2H3. The Hall–Kier alpha value is -2.34. The van der Waals surface area contributed by atoms with Gasteiger partial charge in [-0.1, -0.05) is 0 Å². The summed E-state index contributed by atoms with van der Waals surface area (Å²) in [4.78, 5) is 24.7. The highest BCUT2D eigenvalue weighted by Crippen LogP contribution is 2.19. The molecule has 106 valence electrons. The zero-order chi connectivity index (χ0) is 14.7. The number of nitrogens with two attached hydrogens (primary N) is 1. The number of ether oxygens (including phenoxy) is 1. The van der Waals surface area contributed by atoms with Crippen LogP contribution >= 0.6 is 0 Å². The SMILES string of the molecule is CN(C)C(=O)COc1ccc2c(=O)cc(CN)oc2c1. The lowest BCUT2D eigenvalue weighted by molar-refractivity contribution is -0.130. The van der Waals surface area contributed by atoms with Crippen molar-refractivity contribution in [3.05, 3.63) is 40.2 Å². The number of likely N-dealkylation sites (N-methyl/N-ethyl adjacent to an activating group) is 1. The minimum atomic E-state index is -0.151. The molecule has 0 aliphatic heterocycles. The van der Waals surface area contributed by atoms with Gasteiger partial charge in [0.15, 0.2) is 12.0 Å². The summed E-state index contributed by atoms with van der Waals surface area (Å²) in [6, 6.07) is 6.19. The zero-order valence-electron chi connectivity index (χ0n) is 11.4. The third-order valence-electron chi connectivity index (χ3n) is 2.81. The molecule has 0 spiro atoms. The first-order valence-corrected chi connectivity index (χ1v) is 6.11. The van der Waals surface area contributed by atoms with Gasteiger partial charge in [-0.2, -0.15) is 0 Å². The van der Waals surface area contributed by atoms with Crippen molar-refractivity contribution in [2.75, 3.05) is 20.7 Å². The van der Waals surface area contributed by atoms with Crippen LogP contribution in [0.4, 0.5) is 0 Å². The lowest BCUT2D eigenvalue weighted by Gasteiger charge is -2.11. The van der Waals surface area contributed by atoms with Crippen LogP contribution in [0.3, 0.4) is 0 Å². The Labute approximate surface area is 115 Å². The third kappa shape index (κ3) is 2.97. The molecular formula is C14H16N2O4. The van der Waals surface area contributed by atoms with Gasteiger partial charge in [-0.15, -0.1) is 0 Å². The van der Waals surface area contributed by atoms with E-state index in [0.29, 0.717) is 22.5 Å². The number of nitrogens with zero attached hydrogens (tertiary/aromatic N) is 1. The summed E-state index contributed by atoms with van der Waals surface area (Å²) < 4.78 is 10.9. The number of amides is 1. The summed E-state index contributed by atoms with van der Waals surface area (Å²) in [7, 11) is 3.30. The minimum absolute atomic E-state index is 0.0701. The van der Waals surface area contributed by atoms with Crippen molar-refractivity contribution in [3.8, 4) is 5.75 Å². The molecule has 1 aromatic carbocycles. The highest BCUT2D eigenvalue weighted by atomic mass is 16.5. The Morgan fingerprint density at radius 2 is 2.10 bits per heavy atom. The third-order valence-corrected chi connectivity index (χ3v) is 2.81. The van der Waals surface area contributed by atoms with Gasteiger partial charge in [0.05, 0.1) is 11.9 Å². The summed E-state index contributed by atoms with van der Waals surface area (Å²) in [5, 5.41) is 0.452. The molecule has 2 rings (SSSR count). The van der Waals surface area contributed by atoms with Crippen molar-refractivity contribution in [1.82, 2.24) is 4.90 Å². The van der Waals surface area contributed by atoms with Crippen LogP contribution in [0.2, 0.25) is 0 Å². The molecule has 2 N–H and O–H groups in total. The van der Waals surface area contributed by atoms with E-state index in [4.69, 9.17) is 14.9 Å². The average molecular weight is 276 g/mol. The van der Waals surface area contributed by atoms with Crippen LogP contribution in [0.25, 0.3) is 11.0 Å². The van der Waals surface area contributed by atoms with Gasteiger partial charge in [0.1, 0.15) is 17.1 Å². The van der Waals surface area contributed by atoms with Crippen LogP contribution in [0.1, 0.15) is 5.76 Å². The van der Waals surface area contributed by atoms with Gasteiger partial charge in [-0.05, 0) is 12.1 Å². The molecule has 0 saturated carbocycles. The molecule has 2 aromatic rings. The fraction of sp³-hybridized carbons (Fsp3) is 0.286. The van der Waals surface area contributed by atoms with Crippen molar-refractivity contribution in [2.24, 2.45) is 5.73 Å². The molecule has 1 aromatic heterocycles. The molecule has 0 bridgehead atoms. The predicted molar refractivity (Wildman–Crippen MR) is 74.6 cm³/mol. The van der Waals surface area contributed by atoms with Crippen molar-refractivity contribution in [2.45, 2.75) is 6.54 Å². The summed E-state index contributed by atoms with van der Waals surface area (Å²) in [6.07, 6.45) is 0. The number of fused-ring (bicyclic) bond motifs is 1. The maximum Gasteiger partial charge on any atom is 0.259 e. The average Bonchev–Trinajstić information content (AvgIpc) is 2.43. The van der Waals surface area contributed by atoms with E-state index in [0.717, 1.165) is 0 Å². The van der Waals surface area contributed by atoms with Gasteiger partial charge in [-0.25, -0.2) is 0 Å². The molecule has 1 heterocycles. The van der Waals surface area contributed by atoms with Crippen molar-refractivity contribution in [1.29, 1.82) is 0 Å². The molecule has 0 aliphatic carbocycles. The number of carbonyl (C=O) groups is 1. The topological polar surface area (TPSA) is 85.8 Å². The Morgan fingerprint density at radius 1 is 1.35 bits per heavy atom. The largest absolute Gasteiger partial charge is 0.484 e. The van der Waals surface area contributed by atoms with E-state index in [9.17, 15) is 9.59 Å². The summed E-state index contributed by atoms with van der Waals surface area (Å²) >= 11 is 0. The predicted octanol–water partition coefficient (Wildman–Crippen LogP) is 0.719. The summed E-state index contributed by atoms with van der Waals surface area (Å²) in [5.74, 6) is 0.719. The van der Waals surface area contributed by atoms with Gasteiger partial charge in [0.2, 0.25) is 0 Å². The van der Waals surface area contributed by atoms with E-state index in [-0.39, 0.29) is 24.5 Å². The smallest absolute Gasteiger partial charge is 0.259 e. The molecule has 1 amide bonds. The first-order chi connectivity index (χ1) is 9.51. The monoisotopic (exact) mass is 276 g/mol. The second-order valence-electron chi connectivity index (χ2n) is 4.52. The Morgan fingerprint density at radius 3 is 2.75 bits per heavy atom. The fourth-order valence-corrected chi connectivity index (χ4v) is 1.65. The minimum Gasteiger partial charge on any atom is -0.484 e. The highest BCUT2D eigenvalue weighted by Gasteiger charge is 2.08. The van der Waals surface area contributed by atoms with Crippen molar-refractivity contribution in [3.63, 3.8) is 0 Å². The molecule has 0 saturated heterocycles. The molecule has 0 fully saturated rings. The molecule has 0 radical (unpaired) electrons. The Balaban J connectivity index is 2.29. The Kier molecular flexibility index (Phi) is 4.05. The lowest BCUT2D eigenvalue weighted by atomic mass is 10.2. The fourth-order valence-electron chi connectivity index (χ4n) is 1.65. The van der Waals surface area contributed by atoms with E-state index in [1.165, 1.54) is 11.0 Å². The van der Waals surface area contributed by atoms with Gasteiger partial charge < -0.3 is 19.8 Å². The van der Waals surface area contributed by atoms with Crippen LogP contribution in [-0.2, 0) is 11.3 Å². The van der Waals surface area contributed by atoms with Crippen LogP contribution in [-0.4, -0.2) is 31.5 Å². The van der Waals surface area contributed by atoms with E-state index in [1.807, 2.05) is 0 Å². The number of benzene rings is 1. The molecule has 6 nitrogen and oxygen atoms in total. The van der Waals surface area contributed by atoms with E-state index in [1.54, 1.807) is 32.3 Å². The molecule has 0 atom stereocenters. The molecule has 20 heavy (non-hydrogen) atoms. The molecule has 0 aliphatic rings. The van der Waals surface area contributed by atoms with Gasteiger partial charge in [-0.3, -0.25) is 9.59 Å². The second kappa shape index (κ2) is 5.75. The lowest BCUT2D eigenvalue weighted by Crippen LogP contribution is -2.27. The van der Waals surface area contributed by atoms with Gasteiger partial charge in [0.25, 0.3) is 5.91 Å². The van der Waals surface area contributed by atoms with E-state index in [2.05, 4.69) is 0 Å². The quantitative estimate of drug-likeness (QED) is 0.889. The normalized spacial score (nSPS) is 10.6. The number of rotatable bonds is 4.